The fraction of sp³-hybridized carbons (Fsp3) is 0.462. The second-order valence-corrected chi connectivity index (χ2v) is 5.89. The van der Waals surface area contributed by atoms with E-state index in [4.69, 9.17) is 10.9 Å². The lowest BCUT2D eigenvalue weighted by Gasteiger charge is -2.36. The summed E-state index contributed by atoms with van der Waals surface area (Å²) in [5.41, 5.74) is 6.56. The van der Waals surface area contributed by atoms with Crippen LogP contribution in [0.25, 0.3) is 0 Å². The predicted octanol–water partition coefficient (Wildman–Crippen LogP) is 3.32. The molecular formula is C13H15BrF3N3O. The first kappa shape index (κ1) is 15.9. The summed E-state index contributed by atoms with van der Waals surface area (Å²) >= 11 is 3.30. The number of alkyl halides is 3. The lowest BCUT2D eigenvalue weighted by Crippen LogP contribution is -2.42. The van der Waals surface area contributed by atoms with Gasteiger partial charge in [0.1, 0.15) is 0 Å². The van der Waals surface area contributed by atoms with Crippen LogP contribution < -0.4 is 10.6 Å². The Hall–Kier alpha value is -1.44. The van der Waals surface area contributed by atoms with Crippen LogP contribution in [-0.4, -0.2) is 30.3 Å². The number of nitrogens with zero attached hydrogens (tertiary/aromatic N) is 2. The van der Waals surface area contributed by atoms with E-state index in [1.165, 1.54) is 0 Å². The highest BCUT2D eigenvalue weighted by atomic mass is 79.9. The molecule has 1 unspecified atom stereocenters. The average Bonchev–Trinajstić information content (AvgIpc) is 2.45. The van der Waals surface area contributed by atoms with Gasteiger partial charge in [0.15, 0.2) is 5.84 Å². The number of piperidine rings is 1. The number of halogens is 4. The molecule has 0 bridgehead atoms. The smallest absolute Gasteiger partial charge is 0.393 e. The van der Waals surface area contributed by atoms with Gasteiger partial charge >= 0.3 is 6.18 Å². The molecule has 0 aliphatic carbocycles. The van der Waals surface area contributed by atoms with Crippen molar-refractivity contribution in [2.24, 2.45) is 16.8 Å². The van der Waals surface area contributed by atoms with Gasteiger partial charge in [0.2, 0.25) is 0 Å². The fourth-order valence-electron chi connectivity index (χ4n) is 2.50. The molecule has 1 atom stereocenters. The van der Waals surface area contributed by atoms with Gasteiger partial charge in [0.25, 0.3) is 0 Å². The van der Waals surface area contributed by atoms with Crippen molar-refractivity contribution in [2.75, 3.05) is 18.0 Å². The van der Waals surface area contributed by atoms with Crippen molar-refractivity contribution in [1.82, 2.24) is 0 Å². The zero-order valence-corrected chi connectivity index (χ0v) is 12.7. The summed E-state index contributed by atoms with van der Waals surface area (Å²) in [6.45, 7) is 0.389. The minimum atomic E-state index is -4.21. The number of amidine groups is 1. The fourth-order valence-corrected chi connectivity index (χ4v) is 2.85. The summed E-state index contributed by atoms with van der Waals surface area (Å²) < 4.78 is 39.5. The van der Waals surface area contributed by atoms with Crippen LogP contribution >= 0.6 is 15.9 Å². The Bertz CT molecular complexity index is 548. The molecule has 0 radical (unpaired) electrons. The summed E-state index contributed by atoms with van der Waals surface area (Å²) in [7, 11) is 0. The molecule has 1 aromatic rings. The number of oxime groups is 1. The van der Waals surface area contributed by atoms with Crippen LogP contribution in [0.4, 0.5) is 18.9 Å². The van der Waals surface area contributed by atoms with Crippen molar-refractivity contribution >= 4 is 27.5 Å². The van der Waals surface area contributed by atoms with E-state index in [9.17, 15) is 13.2 Å². The van der Waals surface area contributed by atoms with Gasteiger partial charge in [-0.25, -0.2) is 0 Å². The van der Waals surface area contributed by atoms with Crippen molar-refractivity contribution in [3.8, 4) is 0 Å². The van der Waals surface area contributed by atoms with Crippen LogP contribution in [0.3, 0.4) is 0 Å². The molecular weight excluding hydrogens is 351 g/mol. The van der Waals surface area contributed by atoms with Crippen LogP contribution in [0.2, 0.25) is 0 Å². The first-order valence-corrected chi connectivity index (χ1v) is 7.21. The van der Waals surface area contributed by atoms with E-state index in [1.54, 1.807) is 23.1 Å². The molecule has 1 aliphatic heterocycles. The summed E-state index contributed by atoms with van der Waals surface area (Å²) in [6, 6.07) is 5.00. The monoisotopic (exact) mass is 365 g/mol. The van der Waals surface area contributed by atoms with Gasteiger partial charge in [-0.2, -0.15) is 13.2 Å². The molecule has 3 N–H and O–H groups in total. The minimum Gasteiger partial charge on any atom is -0.409 e. The van der Waals surface area contributed by atoms with E-state index in [2.05, 4.69) is 21.1 Å². The Kier molecular flexibility index (Phi) is 4.65. The van der Waals surface area contributed by atoms with Gasteiger partial charge in [-0.1, -0.05) is 21.1 Å². The van der Waals surface area contributed by atoms with Crippen LogP contribution in [0.1, 0.15) is 18.4 Å². The molecule has 2 rings (SSSR count). The van der Waals surface area contributed by atoms with Crippen molar-refractivity contribution in [3.05, 3.63) is 28.2 Å². The molecule has 1 heterocycles. The Balaban J connectivity index is 2.34. The molecule has 4 nitrogen and oxygen atoms in total. The molecule has 0 aromatic heterocycles. The van der Waals surface area contributed by atoms with E-state index >= 15 is 0 Å². The minimum absolute atomic E-state index is 0.119. The average molecular weight is 366 g/mol. The van der Waals surface area contributed by atoms with Gasteiger partial charge < -0.3 is 15.8 Å². The van der Waals surface area contributed by atoms with Crippen LogP contribution in [0.15, 0.2) is 27.8 Å². The first-order chi connectivity index (χ1) is 9.82. The molecule has 116 valence electrons. The summed E-state index contributed by atoms with van der Waals surface area (Å²) in [6.07, 6.45) is -3.62. The number of anilines is 1. The Morgan fingerprint density at radius 2 is 2.14 bits per heavy atom. The summed E-state index contributed by atoms with van der Waals surface area (Å²) in [4.78, 5) is 1.64. The van der Waals surface area contributed by atoms with Gasteiger partial charge in [0, 0.05) is 28.8 Å². The quantitative estimate of drug-likeness (QED) is 0.365. The van der Waals surface area contributed by atoms with Gasteiger partial charge in [0.05, 0.1) is 5.92 Å². The Labute approximate surface area is 128 Å². The third-order valence-corrected chi connectivity index (χ3v) is 4.06. The van der Waals surface area contributed by atoms with Crippen LogP contribution in [0, 0.1) is 5.92 Å². The van der Waals surface area contributed by atoms with E-state index < -0.39 is 12.1 Å². The topological polar surface area (TPSA) is 61.9 Å². The molecule has 0 spiro atoms. The maximum atomic E-state index is 12.9. The maximum Gasteiger partial charge on any atom is 0.393 e. The Morgan fingerprint density at radius 1 is 1.43 bits per heavy atom. The third kappa shape index (κ3) is 3.61. The molecule has 1 saturated heterocycles. The van der Waals surface area contributed by atoms with Crippen molar-refractivity contribution < 1.29 is 18.4 Å². The number of nitrogens with two attached hydrogens (primary N) is 1. The lowest BCUT2D eigenvalue weighted by molar-refractivity contribution is -0.175. The van der Waals surface area contributed by atoms with Crippen LogP contribution in [0.5, 0.6) is 0 Å². The molecule has 1 aromatic carbocycles. The lowest BCUT2D eigenvalue weighted by atomic mass is 9.96. The maximum absolute atomic E-state index is 12.9. The highest BCUT2D eigenvalue weighted by Crippen LogP contribution is 2.36. The number of hydrogen-bond donors (Lipinski definition) is 2. The standard InChI is InChI=1S/C13H15BrF3N3O/c14-9-3-4-10(12(18)19-21)11(6-9)20-5-1-2-8(7-20)13(15,16)17/h3-4,6,8,21H,1-2,5,7H2,(H2,18,19). The summed E-state index contributed by atoms with van der Waals surface area (Å²) in [5, 5.41) is 11.8. The Morgan fingerprint density at radius 3 is 2.76 bits per heavy atom. The van der Waals surface area contributed by atoms with E-state index in [0.717, 1.165) is 4.47 Å². The van der Waals surface area contributed by atoms with Crippen molar-refractivity contribution in [1.29, 1.82) is 0 Å². The van der Waals surface area contributed by atoms with E-state index in [0.29, 0.717) is 24.2 Å². The van der Waals surface area contributed by atoms with Crippen LogP contribution in [-0.2, 0) is 0 Å². The van der Waals surface area contributed by atoms with Gasteiger partial charge in [-0.15, -0.1) is 0 Å². The first-order valence-electron chi connectivity index (χ1n) is 6.42. The number of rotatable bonds is 2. The highest BCUT2D eigenvalue weighted by Gasteiger charge is 2.42. The molecule has 1 aliphatic rings. The van der Waals surface area contributed by atoms with Crippen molar-refractivity contribution in [3.63, 3.8) is 0 Å². The van der Waals surface area contributed by atoms with Gasteiger partial charge in [-0.3, -0.25) is 0 Å². The number of benzene rings is 1. The third-order valence-electron chi connectivity index (χ3n) is 3.57. The molecule has 21 heavy (non-hydrogen) atoms. The second kappa shape index (κ2) is 6.13. The van der Waals surface area contributed by atoms with E-state index in [1.807, 2.05) is 0 Å². The predicted molar refractivity (Wildman–Crippen MR) is 77.6 cm³/mol. The molecule has 8 heteroatoms. The van der Waals surface area contributed by atoms with E-state index in [-0.39, 0.29) is 18.8 Å². The van der Waals surface area contributed by atoms with Gasteiger partial charge in [-0.05, 0) is 31.0 Å². The SMILES string of the molecule is N/C(=N/O)c1ccc(Br)cc1N1CCCC(C(F)(F)F)C1. The largest absolute Gasteiger partial charge is 0.409 e. The highest BCUT2D eigenvalue weighted by molar-refractivity contribution is 9.10. The molecule has 0 amide bonds. The molecule has 0 saturated carbocycles. The molecule has 1 fully saturated rings. The zero-order chi connectivity index (χ0) is 15.6. The normalized spacial score (nSPS) is 20.7. The van der Waals surface area contributed by atoms with Crippen molar-refractivity contribution in [2.45, 2.75) is 19.0 Å². The second-order valence-electron chi connectivity index (χ2n) is 4.97. The summed E-state index contributed by atoms with van der Waals surface area (Å²) in [5.74, 6) is -1.47. The zero-order valence-electron chi connectivity index (χ0n) is 11.1. The number of hydrogen-bond acceptors (Lipinski definition) is 3.